The van der Waals surface area contributed by atoms with E-state index in [1.165, 1.54) is 13.2 Å². The van der Waals surface area contributed by atoms with Gasteiger partial charge in [0.2, 0.25) is 0 Å². The first-order valence-electron chi connectivity index (χ1n) is 3.76. The van der Waals surface area contributed by atoms with Crippen molar-refractivity contribution in [1.29, 1.82) is 0 Å². The highest BCUT2D eigenvalue weighted by atomic mass is 19.4. The van der Waals surface area contributed by atoms with Crippen LogP contribution in [-0.4, -0.2) is 7.11 Å². The zero-order valence-electron chi connectivity index (χ0n) is 7.48. The van der Waals surface area contributed by atoms with Crippen molar-refractivity contribution in [3.8, 4) is 5.75 Å². The molecule has 0 N–H and O–H groups in total. The predicted octanol–water partition coefficient (Wildman–Crippen LogP) is 3.05. The molecule has 75 valence electrons. The molecular weight excluding hydrogens is 193 g/mol. The Morgan fingerprint density at radius 3 is 2.36 bits per heavy atom. The summed E-state index contributed by atoms with van der Waals surface area (Å²) in [4.78, 5) is 0. The smallest absolute Gasteiger partial charge is 0.416 e. The Hall–Kier alpha value is -1.45. The predicted molar refractivity (Wildman–Crippen MR) is 46.0 cm³/mol. The lowest BCUT2D eigenvalue weighted by Gasteiger charge is -2.09. The molecule has 0 bridgehead atoms. The lowest BCUT2D eigenvalue weighted by molar-refractivity contribution is -0.137. The van der Waals surface area contributed by atoms with Crippen molar-refractivity contribution in [3.05, 3.63) is 42.0 Å². The van der Waals surface area contributed by atoms with Crippen LogP contribution in [-0.2, 0) is 6.18 Å². The quantitative estimate of drug-likeness (QED) is 0.714. The fourth-order valence-corrected chi connectivity index (χ4v) is 0.983. The lowest BCUT2D eigenvalue weighted by Crippen LogP contribution is -2.05. The number of benzene rings is 1. The van der Waals surface area contributed by atoms with Crippen LogP contribution in [0.4, 0.5) is 13.2 Å². The normalized spacial score (nSPS) is 11.1. The molecule has 1 aromatic rings. The van der Waals surface area contributed by atoms with Gasteiger partial charge < -0.3 is 4.74 Å². The molecule has 0 saturated carbocycles. The average Bonchev–Trinajstić information content (AvgIpc) is 2.15. The standard InChI is InChI=1S/C10H8F3O/c1-3-7-4-8(10(11,12)13)6-9(5-7)14-2/h4-6H,1H2,2H3. The maximum atomic E-state index is 12.3. The van der Waals surface area contributed by atoms with E-state index in [9.17, 15) is 13.2 Å². The fourth-order valence-electron chi connectivity index (χ4n) is 0.983. The van der Waals surface area contributed by atoms with Gasteiger partial charge in [-0.15, -0.1) is 0 Å². The number of hydrogen-bond acceptors (Lipinski definition) is 1. The van der Waals surface area contributed by atoms with Crippen molar-refractivity contribution in [1.82, 2.24) is 0 Å². The molecule has 4 heteroatoms. The van der Waals surface area contributed by atoms with Crippen LogP contribution in [0, 0.1) is 6.08 Å². The van der Waals surface area contributed by atoms with Crippen molar-refractivity contribution in [2.75, 3.05) is 7.11 Å². The molecule has 0 aliphatic carbocycles. The van der Waals surface area contributed by atoms with Crippen LogP contribution in [0.25, 0.3) is 0 Å². The van der Waals surface area contributed by atoms with Gasteiger partial charge in [-0.2, -0.15) is 13.2 Å². The Bertz CT molecular complexity index is 342. The molecule has 0 unspecified atom stereocenters. The first-order valence-corrected chi connectivity index (χ1v) is 3.76. The van der Waals surface area contributed by atoms with E-state index in [0.717, 1.165) is 12.1 Å². The maximum absolute atomic E-state index is 12.3. The molecule has 0 spiro atoms. The van der Waals surface area contributed by atoms with Gasteiger partial charge in [-0.1, -0.05) is 6.58 Å². The number of halogens is 3. The summed E-state index contributed by atoms with van der Waals surface area (Å²) in [5.41, 5.74) is -0.500. The Morgan fingerprint density at radius 1 is 1.29 bits per heavy atom. The van der Waals surface area contributed by atoms with Crippen molar-refractivity contribution in [3.63, 3.8) is 0 Å². The summed E-state index contributed by atoms with van der Waals surface area (Å²) in [5, 5.41) is 0. The van der Waals surface area contributed by atoms with Crippen molar-refractivity contribution in [2.24, 2.45) is 0 Å². The summed E-state index contributed by atoms with van der Waals surface area (Å²) >= 11 is 0. The summed E-state index contributed by atoms with van der Waals surface area (Å²) in [5.74, 6) is 0.144. The van der Waals surface area contributed by atoms with Crippen LogP contribution in [0.3, 0.4) is 0 Å². The first-order chi connectivity index (χ1) is 6.47. The van der Waals surface area contributed by atoms with Gasteiger partial charge in [0, 0.05) is 0 Å². The third-order valence-electron chi connectivity index (χ3n) is 1.67. The molecule has 0 aliphatic heterocycles. The molecule has 0 saturated heterocycles. The van der Waals surface area contributed by atoms with Crippen LogP contribution in [0.5, 0.6) is 5.75 Å². The zero-order valence-corrected chi connectivity index (χ0v) is 7.48. The summed E-state index contributed by atoms with van der Waals surface area (Å²) < 4.78 is 41.7. The van der Waals surface area contributed by atoms with E-state index in [0.29, 0.717) is 0 Å². The second-order valence-electron chi connectivity index (χ2n) is 2.62. The molecule has 1 aromatic carbocycles. The Labute approximate surface area is 79.8 Å². The minimum atomic E-state index is -4.37. The van der Waals surface area contributed by atoms with Crippen LogP contribution in [0.15, 0.2) is 24.8 Å². The van der Waals surface area contributed by atoms with Crippen molar-refractivity contribution >= 4 is 0 Å². The SMILES string of the molecule is C=[C]c1cc(OC)cc(C(F)(F)F)c1. The van der Waals surface area contributed by atoms with E-state index in [1.54, 1.807) is 0 Å². The molecule has 1 rings (SSSR count). The third-order valence-corrected chi connectivity index (χ3v) is 1.67. The molecular formula is C10H8F3O. The highest BCUT2D eigenvalue weighted by Crippen LogP contribution is 2.32. The molecule has 0 aromatic heterocycles. The fraction of sp³-hybridized carbons (Fsp3) is 0.200. The Kier molecular flexibility index (Phi) is 2.84. The summed E-state index contributed by atoms with van der Waals surface area (Å²) in [6, 6.07) is 3.33. The van der Waals surface area contributed by atoms with Gasteiger partial charge in [0.05, 0.1) is 12.7 Å². The van der Waals surface area contributed by atoms with Crippen LogP contribution in [0.1, 0.15) is 11.1 Å². The minimum absolute atomic E-state index is 0.144. The molecule has 0 aliphatic rings. The van der Waals surface area contributed by atoms with Gasteiger partial charge in [-0.05, 0) is 29.8 Å². The average molecular weight is 201 g/mol. The lowest BCUT2D eigenvalue weighted by atomic mass is 10.1. The van der Waals surface area contributed by atoms with E-state index < -0.39 is 11.7 Å². The van der Waals surface area contributed by atoms with Crippen molar-refractivity contribution < 1.29 is 17.9 Å². The number of hydrogen-bond donors (Lipinski definition) is 0. The molecule has 0 atom stereocenters. The zero-order chi connectivity index (χ0) is 10.8. The van der Waals surface area contributed by atoms with Gasteiger partial charge >= 0.3 is 6.18 Å². The van der Waals surface area contributed by atoms with E-state index in [4.69, 9.17) is 4.74 Å². The summed E-state index contributed by atoms with van der Waals surface area (Å²) in [7, 11) is 1.31. The maximum Gasteiger partial charge on any atom is 0.416 e. The summed E-state index contributed by atoms with van der Waals surface area (Å²) in [6.45, 7) is 3.28. The number of rotatable bonds is 2. The highest BCUT2D eigenvalue weighted by molar-refractivity contribution is 5.38. The van der Waals surface area contributed by atoms with Gasteiger partial charge in [-0.25, -0.2) is 0 Å². The number of ether oxygens (including phenoxy) is 1. The molecule has 1 nitrogen and oxygen atoms in total. The molecule has 0 heterocycles. The van der Waals surface area contributed by atoms with Gasteiger partial charge in [0.1, 0.15) is 5.75 Å². The number of alkyl halides is 3. The van der Waals surface area contributed by atoms with Crippen LogP contribution in [0.2, 0.25) is 0 Å². The summed E-state index contributed by atoms with van der Waals surface area (Å²) in [6.07, 6.45) is -1.99. The van der Waals surface area contributed by atoms with Gasteiger partial charge in [0.15, 0.2) is 0 Å². The highest BCUT2D eigenvalue weighted by Gasteiger charge is 2.31. The van der Waals surface area contributed by atoms with E-state index >= 15 is 0 Å². The second-order valence-corrected chi connectivity index (χ2v) is 2.62. The Morgan fingerprint density at radius 2 is 1.93 bits per heavy atom. The molecule has 14 heavy (non-hydrogen) atoms. The van der Waals surface area contributed by atoms with Crippen LogP contribution >= 0.6 is 0 Å². The third kappa shape index (κ3) is 2.28. The van der Waals surface area contributed by atoms with Crippen molar-refractivity contribution in [2.45, 2.75) is 6.18 Å². The largest absolute Gasteiger partial charge is 0.497 e. The first kappa shape index (κ1) is 10.6. The van der Waals surface area contributed by atoms with Crippen LogP contribution < -0.4 is 4.74 Å². The topological polar surface area (TPSA) is 9.23 Å². The van der Waals surface area contributed by atoms with Gasteiger partial charge in [-0.3, -0.25) is 0 Å². The van der Waals surface area contributed by atoms with E-state index in [2.05, 4.69) is 12.7 Å². The molecule has 0 amide bonds. The number of methoxy groups -OCH3 is 1. The minimum Gasteiger partial charge on any atom is -0.497 e. The van der Waals surface area contributed by atoms with Gasteiger partial charge in [0.25, 0.3) is 0 Å². The van der Waals surface area contributed by atoms with E-state index in [-0.39, 0.29) is 11.3 Å². The molecule has 1 radical (unpaired) electrons. The second kappa shape index (κ2) is 3.74. The monoisotopic (exact) mass is 201 g/mol. The van der Waals surface area contributed by atoms with E-state index in [1.807, 2.05) is 0 Å². The molecule has 0 fully saturated rings. The Balaban J connectivity index is 3.24.